The van der Waals surface area contributed by atoms with Crippen LogP contribution in [0, 0.1) is 5.92 Å². The lowest BCUT2D eigenvalue weighted by atomic mass is 9.77. The van der Waals surface area contributed by atoms with Gasteiger partial charge in [0.15, 0.2) is 0 Å². The lowest BCUT2D eigenvalue weighted by molar-refractivity contribution is 0.0572. The topological polar surface area (TPSA) is 41.5 Å². The molecule has 2 unspecified atom stereocenters. The van der Waals surface area contributed by atoms with Gasteiger partial charge in [-0.1, -0.05) is 32.0 Å². The fraction of sp³-hybridized carbons (Fsp3) is 0.538. The van der Waals surface area contributed by atoms with Gasteiger partial charge in [0.1, 0.15) is 5.75 Å². The fourth-order valence-corrected chi connectivity index (χ4v) is 2.47. The van der Waals surface area contributed by atoms with Crippen LogP contribution in [0.2, 0.25) is 0 Å². The van der Waals surface area contributed by atoms with Gasteiger partial charge in [-0.15, -0.1) is 0 Å². The Labute approximate surface area is 96.4 Å². The maximum Gasteiger partial charge on any atom is 0.124 e. The predicted octanol–water partition coefficient (Wildman–Crippen LogP) is 1.51. The molecule has 2 atom stereocenters. The molecule has 0 aliphatic carbocycles. The molecule has 1 aliphatic rings. The van der Waals surface area contributed by atoms with Crippen LogP contribution >= 0.6 is 0 Å². The number of aliphatic hydroxyl groups excluding tert-OH is 1. The van der Waals surface area contributed by atoms with Crippen molar-refractivity contribution in [2.75, 3.05) is 19.8 Å². The van der Waals surface area contributed by atoms with E-state index in [9.17, 15) is 5.11 Å². The van der Waals surface area contributed by atoms with Crippen molar-refractivity contribution >= 4 is 0 Å². The summed E-state index contributed by atoms with van der Waals surface area (Å²) >= 11 is 0. The number of fused-ring (bicyclic) bond motifs is 1. The average Bonchev–Trinajstić information content (AvgIpc) is 2.33. The average molecular weight is 221 g/mol. The van der Waals surface area contributed by atoms with Crippen LogP contribution in [0.1, 0.15) is 19.4 Å². The van der Waals surface area contributed by atoms with Crippen LogP contribution in [0.5, 0.6) is 5.75 Å². The molecule has 0 aromatic heterocycles. The number of ether oxygens (including phenoxy) is 1. The molecule has 3 nitrogen and oxygen atoms in total. The highest BCUT2D eigenvalue weighted by Crippen LogP contribution is 2.39. The summed E-state index contributed by atoms with van der Waals surface area (Å²) in [5.74, 6) is 1.14. The van der Waals surface area contributed by atoms with Crippen LogP contribution in [0.15, 0.2) is 24.3 Å². The van der Waals surface area contributed by atoms with Crippen molar-refractivity contribution in [2.24, 2.45) is 5.92 Å². The Bertz CT molecular complexity index is 367. The third-order valence-electron chi connectivity index (χ3n) is 3.44. The van der Waals surface area contributed by atoms with Gasteiger partial charge in [0.05, 0.1) is 18.8 Å². The first-order valence-electron chi connectivity index (χ1n) is 5.82. The summed E-state index contributed by atoms with van der Waals surface area (Å²) in [6, 6.07) is 7.94. The highest BCUT2D eigenvalue weighted by Gasteiger charge is 2.42. The predicted molar refractivity (Wildman–Crippen MR) is 63.5 cm³/mol. The zero-order valence-electron chi connectivity index (χ0n) is 9.86. The maximum atomic E-state index is 9.77. The Morgan fingerprint density at radius 3 is 2.94 bits per heavy atom. The zero-order valence-corrected chi connectivity index (χ0v) is 9.86. The van der Waals surface area contributed by atoms with Crippen molar-refractivity contribution in [2.45, 2.75) is 19.4 Å². The highest BCUT2D eigenvalue weighted by molar-refractivity contribution is 5.41. The summed E-state index contributed by atoms with van der Waals surface area (Å²) in [6.45, 7) is 5.74. The van der Waals surface area contributed by atoms with E-state index in [2.05, 4.69) is 19.2 Å². The van der Waals surface area contributed by atoms with Gasteiger partial charge in [-0.3, -0.25) is 0 Å². The SMILES string of the molecule is CCNC1(CO)c2ccccc2OCC1C. The van der Waals surface area contributed by atoms with E-state index >= 15 is 0 Å². The number of para-hydroxylation sites is 1. The van der Waals surface area contributed by atoms with E-state index in [1.807, 2.05) is 24.3 Å². The van der Waals surface area contributed by atoms with Crippen molar-refractivity contribution < 1.29 is 9.84 Å². The van der Waals surface area contributed by atoms with E-state index < -0.39 is 0 Å². The Morgan fingerprint density at radius 1 is 1.50 bits per heavy atom. The van der Waals surface area contributed by atoms with Gasteiger partial charge < -0.3 is 15.2 Å². The molecular formula is C13H19NO2. The second-order valence-corrected chi connectivity index (χ2v) is 4.37. The molecule has 1 aromatic rings. The number of hydrogen-bond acceptors (Lipinski definition) is 3. The molecule has 1 heterocycles. The molecule has 16 heavy (non-hydrogen) atoms. The summed E-state index contributed by atoms with van der Waals surface area (Å²) < 4.78 is 5.69. The van der Waals surface area contributed by atoms with Crippen LogP contribution in [-0.4, -0.2) is 24.9 Å². The Morgan fingerprint density at radius 2 is 2.25 bits per heavy atom. The third-order valence-corrected chi connectivity index (χ3v) is 3.44. The molecule has 1 aliphatic heterocycles. The Kier molecular flexibility index (Phi) is 3.17. The minimum Gasteiger partial charge on any atom is -0.493 e. The van der Waals surface area contributed by atoms with Crippen molar-refractivity contribution in [3.8, 4) is 5.75 Å². The fourth-order valence-electron chi connectivity index (χ4n) is 2.47. The van der Waals surface area contributed by atoms with Crippen LogP contribution in [0.25, 0.3) is 0 Å². The van der Waals surface area contributed by atoms with E-state index in [1.54, 1.807) is 0 Å². The van der Waals surface area contributed by atoms with E-state index in [-0.39, 0.29) is 18.1 Å². The molecule has 3 heteroatoms. The van der Waals surface area contributed by atoms with Crippen LogP contribution in [-0.2, 0) is 5.54 Å². The number of benzene rings is 1. The summed E-state index contributed by atoms with van der Waals surface area (Å²) in [4.78, 5) is 0. The molecule has 0 fully saturated rings. The van der Waals surface area contributed by atoms with E-state index in [0.29, 0.717) is 6.61 Å². The lowest BCUT2D eigenvalue weighted by Gasteiger charge is -2.43. The Balaban J connectivity index is 2.49. The molecule has 0 spiro atoms. The zero-order chi connectivity index (χ0) is 11.6. The number of likely N-dealkylation sites (N-methyl/N-ethyl adjacent to an activating group) is 1. The van der Waals surface area contributed by atoms with Crippen LogP contribution in [0.4, 0.5) is 0 Å². The van der Waals surface area contributed by atoms with Gasteiger partial charge in [0.25, 0.3) is 0 Å². The first-order chi connectivity index (χ1) is 7.74. The summed E-state index contributed by atoms with van der Waals surface area (Å²) in [5, 5.41) is 13.2. The van der Waals surface area contributed by atoms with E-state index in [1.165, 1.54) is 0 Å². The number of nitrogens with one attached hydrogen (secondary N) is 1. The van der Waals surface area contributed by atoms with Crippen molar-refractivity contribution in [1.29, 1.82) is 0 Å². The maximum absolute atomic E-state index is 9.77. The summed E-state index contributed by atoms with van der Waals surface area (Å²) in [7, 11) is 0. The molecule has 0 saturated heterocycles. The minimum atomic E-state index is -0.358. The lowest BCUT2D eigenvalue weighted by Crippen LogP contribution is -2.54. The molecule has 88 valence electrons. The molecule has 0 bridgehead atoms. The molecule has 0 saturated carbocycles. The number of hydrogen-bond donors (Lipinski definition) is 2. The summed E-state index contributed by atoms with van der Waals surface area (Å²) in [6.07, 6.45) is 0. The quantitative estimate of drug-likeness (QED) is 0.813. The van der Waals surface area contributed by atoms with E-state index in [0.717, 1.165) is 17.9 Å². The van der Waals surface area contributed by atoms with Gasteiger partial charge >= 0.3 is 0 Å². The number of aliphatic hydroxyl groups is 1. The van der Waals surface area contributed by atoms with Crippen molar-refractivity contribution in [3.63, 3.8) is 0 Å². The van der Waals surface area contributed by atoms with Crippen molar-refractivity contribution in [1.82, 2.24) is 5.32 Å². The van der Waals surface area contributed by atoms with Gasteiger partial charge in [0, 0.05) is 11.5 Å². The number of rotatable bonds is 3. The van der Waals surface area contributed by atoms with Gasteiger partial charge in [-0.2, -0.15) is 0 Å². The molecule has 2 N–H and O–H groups in total. The molecule has 2 rings (SSSR count). The first kappa shape index (κ1) is 11.4. The smallest absolute Gasteiger partial charge is 0.124 e. The highest BCUT2D eigenvalue weighted by atomic mass is 16.5. The van der Waals surface area contributed by atoms with Gasteiger partial charge in [-0.05, 0) is 12.6 Å². The third kappa shape index (κ3) is 1.60. The van der Waals surface area contributed by atoms with Crippen LogP contribution in [0.3, 0.4) is 0 Å². The van der Waals surface area contributed by atoms with E-state index in [4.69, 9.17) is 4.74 Å². The monoisotopic (exact) mass is 221 g/mol. The van der Waals surface area contributed by atoms with Gasteiger partial charge in [-0.25, -0.2) is 0 Å². The molecule has 0 radical (unpaired) electrons. The van der Waals surface area contributed by atoms with Crippen molar-refractivity contribution in [3.05, 3.63) is 29.8 Å². The Hall–Kier alpha value is -1.06. The molecule has 1 aromatic carbocycles. The second kappa shape index (κ2) is 4.44. The second-order valence-electron chi connectivity index (χ2n) is 4.37. The minimum absolute atomic E-state index is 0.0996. The van der Waals surface area contributed by atoms with Crippen LogP contribution < -0.4 is 10.1 Å². The largest absolute Gasteiger partial charge is 0.493 e. The normalized spacial score (nSPS) is 28.3. The summed E-state index contributed by atoms with van der Waals surface area (Å²) in [5.41, 5.74) is 0.710. The van der Waals surface area contributed by atoms with Gasteiger partial charge in [0.2, 0.25) is 0 Å². The molecule has 0 amide bonds. The standard InChI is InChI=1S/C13H19NO2/c1-3-14-13(9-15)10(2)8-16-12-7-5-4-6-11(12)13/h4-7,10,14-15H,3,8-9H2,1-2H3. The first-order valence-corrected chi connectivity index (χ1v) is 5.82. The molecular weight excluding hydrogens is 202 g/mol.